The molecule has 0 N–H and O–H groups in total. The van der Waals surface area contributed by atoms with Gasteiger partial charge in [0, 0.05) is 35.1 Å². The average molecular weight is 246 g/mol. The molecule has 90 valence electrons. The van der Waals surface area contributed by atoms with Crippen LogP contribution in [0.4, 0.5) is 0 Å². The topological polar surface area (TPSA) is 43.1 Å². The van der Waals surface area contributed by atoms with E-state index in [2.05, 4.69) is 27.2 Å². The summed E-state index contributed by atoms with van der Waals surface area (Å²) >= 11 is 0. The highest BCUT2D eigenvalue weighted by Crippen LogP contribution is 2.25. The molecule has 0 atom stereocenters. The molecule has 3 aromatic heterocycles. The van der Waals surface area contributed by atoms with Crippen LogP contribution in [0.15, 0.2) is 61.2 Å². The van der Waals surface area contributed by atoms with Gasteiger partial charge < -0.3 is 0 Å². The molecular weight excluding hydrogens is 236 g/mol. The number of fused-ring (bicyclic) bond motifs is 2. The Labute approximate surface area is 109 Å². The highest BCUT2D eigenvalue weighted by atomic mass is 15.2. The molecule has 0 amide bonds. The number of benzene rings is 1. The molecule has 4 aromatic rings. The lowest BCUT2D eigenvalue weighted by Gasteiger charge is -2.01. The highest BCUT2D eigenvalue weighted by molar-refractivity contribution is 5.86. The van der Waals surface area contributed by atoms with Gasteiger partial charge in [0.25, 0.3) is 0 Å². The molecule has 0 unspecified atom stereocenters. The van der Waals surface area contributed by atoms with Crippen molar-refractivity contribution in [2.24, 2.45) is 0 Å². The largest absolute Gasteiger partial charge is 0.256 e. The summed E-state index contributed by atoms with van der Waals surface area (Å²) in [5.74, 6) is 0. The first kappa shape index (κ1) is 10.2. The standard InChI is InChI=1S/C15H10N4/c1-2-5-14-11(4-1)8-12(9-17-14)13-10-18-19-7-3-6-16-15(13)19/h1-10H. The molecule has 0 aliphatic carbocycles. The van der Waals surface area contributed by atoms with Crippen LogP contribution < -0.4 is 0 Å². The maximum Gasteiger partial charge on any atom is 0.162 e. The van der Waals surface area contributed by atoms with Gasteiger partial charge in [0.2, 0.25) is 0 Å². The number of pyridine rings is 1. The van der Waals surface area contributed by atoms with Crippen LogP contribution in [0.2, 0.25) is 0 Å². The Hall–Kier alpha value is -2.75. The van der Waals surface area contributed by atoms with Crippen LogP contribution in [-0.2, 0) is 0 Å². The zero-order chi connectivity index (χ0) is 12.7. The van der Waals surface area contributed by atoms with Crippen molar-refractivity contribution in [3.63, 3.8) is 0 Å². The molecule has 0 saturated carbocycles. The van der Waals surface area contributed by atoms with E-state index >= 15 is 0 Å². The Kier molecular flexibility index (Phi) is 2.08. The van der Waals surface area contributed by atoms with Crippen molar-refractivity contribution >= 4 is 16.6 Å². The van der Waals surface area contributed by atoms with Gasteiger partial charge >= 0.3 is 0 Å². The zero-order valence-corrected chi connectivity index (χ0v) is 10.1. The fourth-order valence-corrected chi connectivity index (χ4v) is 2.25. The van der Waals surface area contributed by atoms with E-state index in [-0.39, 0.29) is 0 Å². The van der Waals surface area contributed by atoms with E-state index in [4.69, 9.17) is 0 Å². The summed E-state index contributed by atoms with van der Waals surface area (Å²) in [7, 11) is 0. The second kappa shape index (κ2) is 3.88. The summed E-state index contributed by atoms with van der Waals surface area (Å²) in [6.45, 7) is 0. The average Bonchev–Trinajstić information content (AvgIpc) is 2.91. The van der Waals surface area contributed by atoms with Gasteiger partial charge in [0.15, 0.2) is 5.65 Å². The molecule has 0 aliphatic rings. The van der Waals surface area contributed by atoms with E-state index in [9.17, 15) is 0 Å². The third-order valence-corrected chi connectivity index (χ3v) is 3.18. The zero-order valence-electron chi connectivity index (χ0n) is 10.1. The lowest BCUT2D eigenvalue weighted by Crippen LogP contribution is -1.88. The Morgan fingerprint density at radius 1 is 0.947 bits per heavy atom. The Morgan fingerprint density at radius 2 is 1.89 bits per heavy atom. The summed E-state index contributed by atoms with van der Waals surface area (Å²) in [6.07, 6.45) is 7.36. The minimum Gasteiger partial charge on any atom is -0.256 e. The minimum atomic E-state index is 0.847. The smallest absolute Gasteiger partial charge is 0.162 e. The number of rotatable bonds is 1. The monoisotopic (exact) mass is 246 g/mol. The lowest BCUT2D eigenvalue weighted by molar-refractivity contribution is 0.939. The SMILES string of the molecule is c1ccc2ncc(-c3cnn4cccnc34)cc2c1. The maximum absolute atomic E-state index is 4.48. The molecule has 4 heteroatoms. The van der Waals surface area contributed by atoms with Crippen LogP contribution in [-0.4, -0.2) is 19.6 Å². The van der Waals surface area contributed by atoms with Crippen molar-refractivity contribution in [1.82, 2.24) is 19.6 Å². The summed E-state index contributed by atoms with van der Waals surface area (Å²) < 4.78 is 1.77. The first-order valence-corrected chi connectivity index (χ1v) is 6.05. The molecule has 1 aromatic carbocycles. The van der Waals surface area contributed by atoms with E-state index < -0.39 is 0 Å². The molecule has 0 radical (unpaired) electrons. The maximum atomic E-state index is 4.48. The minimum absolute atomic E-state index is 0.847. The van der Waals surface area contributed by atoms with E-state index in [0.29, 0.717) is 0 Å². The fraction of sp³-hybridized carbons (Fsp3) is 0. The van der Waals surface area contributed by atoms with Crippen molar-refractivity contribution in [3.05, 3.63) is 61.2 Å². The quantitative estimate of drug-likeness (QED) is 0.518. The fourth-order valence-electron chi connectivity index (χ4n) is 2.25. The second-order valence-electron chi connectivity index (χ2n) is 4.36. The van der Waals surface area contributed by atoms with Crippen molar-refractivity contribution < 1.29 is 0 Å². The first-order chi connectivity index (χ1) is 9.42. The van der Waals surface area contributed by atoms with Gasteiger partial charge in [-0.15, -0.1) is 0 Å². The molecule has 0 fully saturated rings. The van der Waals surface area contributed by atoms with E-state index in [1.807, 2.05) is 42.9 Å². The van der Waals surface area contributed by atoms with Crippen LogP contribution in [0.1, 0.15) is 0 Å². The molecule has 0 bridgehead atoms. The first-order valence-electron chi connectivity index (χ1n) is 6.05. The van der Waals surface area contributed by atoms with Gasteiger partial charge in [-0.1, -0.05) is 18.2 Å². The van der Waals surface area contributed by atoms with Crippen molar-refractivity contribution in [3.8, 4) is 11.1 Å². The Morgan fingerprint density at radius 3 is 2.89 bits per heavy atom. The summed E-state index contributed by atoms with van der Waals surface area (Å²) in [4.78, 5) is 8.85. The van der Waals surface area contributed by atoms with E-state index in [1.165, 1.54) is 0 Å². The van der Waals surface area contributed by atoms with Crippen LogP contribution in [0.5, 0.6) is 0 Å². The summed E-state index contributed by atoms with van der Waals surface area (Å²) in [5.41, 5.74) is 3.88. The van der Waals surface area contributed by atoms with E-state index in [0.717, 1.165) is 27.7 Å². The number of para-hydroxylation sites is 1. The van der Waals surface area contributed by atoms with Crippen molar-refractivity contribution in [2.45, 2.75) is 0 Å². The van der Waals surface area contributed by atoms with Crippen LogP contribution in [0, 0.1) is 0 Å². The van der Waals surface area contributed by atoms with Gasteiger partial charge in [-0.05, 0) is 18.2 Å². The van der Waals surface area contributed by atoms with Gasteiger partial charge in [0.1, 0.15) is 0 Å². The number of aromatic nitrogens is 4. The molecule has 4 rings (SSSR count). The lowest BCUT2D eigenvalue weighted by atomic mass is 10.1. The Bertz CT molecular complexity index is 879. The molecule has 0 aliphatic heterocycles. The van der Waals surface area contributed by atoms with Gasteiger partial charge in [-0.3, -0.25) is 4.98 Å². The Balaban J connectivity index is 1.99. The van der Waals surface area contributed by atoms with Gasteiger partial charge in [-0.25, -0.2) is 9.50 Å². The highest BCUT2D eigenvalue weighted by Gasteiger charge is 2.08. The summed E-state index contributed by atoms with van der Waals surface area (Å²) in [5, 5.41) is 5.42. The number of nitrogens with zero attached hydrogens (tertiary/aromatic N) is 4. The molecule has 3 heterocycles. The predicted octanol–water partition coefficient (Wildman–Crippen LogP) is 2.94. The number of hydrogen-bond donors (Lipinski definition) is 0. The molecule has 19 heavy (non-hydrogen) atoms. The normalized spacial score (nSPS) is 11.2. The molecular formula is C15H10N4. The molecule has 4 nitrogen and oxygen atoms in total. The second-order valence-corrected chi connectivity index (χ2v) is 4.36. The van der Waals surface area contributed by atoms with Gasteiger partial charge in [-0.2, -0.15) is 5.10 Å². The van der Waals surface area contributed by atoms with Crippen molar-refractivity contribution in [2.75, 3.05) is 0 Å². The van der Waals surface area contributed by atoms with Crippen LogP contribution in [0.25, 0.3) is 27.7 Å². The predicted molar refractivity (Wildman–Crippen MR) is 73.7 cm³/mol. The molecule has 0 saturated heterocycles. The van der Waals surface area contributed by atoms with Crippen LogP contribution >= 0.6 is 0 Å². The van der Waals surface area contributed by atoms with Crippen LogP contribution in [0.3, 0.4) is 0 Å². The van der Waals surface area contributed by atoms with E-state index in [1.54, 1.807) is 10.7 Å². The third kappa shape index (κ3) is 1.57. The number of hydrogen-bond acceptors (Lipinski definition) is 3. The summed E-state index contributed by atoms with van der Waals surface area (Å²) in [6, 6.07) is 12.1. The third-order valence-electron chi connectivity index (χ3n) is 3.18. The van der Waals surface area contributed by atoms with Gasteiger partial charge in [0.05, 0.1) is 11.7 Å². The van der Waals surface area contributed by atoms with Crippen molar-refractivity contribution in [1.29, 1.82) is 0 Å². The molecule has 0 spiro atoms.